The highest BCUT2D eigenvalue weighted by molar-refractivity contribution is 5.95. The van der Waals surface area contributed by atoms with Crippen molar-refractivity contribution >= 4 is 17.7 Å². The van der Waals surface area contributed by atoms with Crippen LogP contribution in [0.3, 0.4) is 0 Å². The summed E-state index contributed by atoms with van der Waals surface area (Å²) in [6.45, 7) is 1.88. The summed E-state index contributed by atoms with van der Waals surface area (Å²) in [5, 5.41) is 15.3. The summed E-state index contributed by atoms with van der Waals surface area (Å²) in [4.78, 5) is 24.7. The van der Waals surface area contributed by atoms with E-state index in [1.807, 2.05) is 0 Å². The first kappa shape index (κ1) is 13.4. The molecule has 98 valence electrons. The molecule has 0 saturated heterocycles. The molecule has 0 aromatic carbocycles. The molecule has 0 aliphatic rings. The Balaban J connectivity index is 3.11. The van der Waals surface area contributed by atoms with Crippen molar-refractivity contribution in [2.45, 2.75) is 6.92 Å². The molecule has 18 heavy (non-hydrogen) atoms. The van der Waals surface area contributed by atoms with E-state index in [1.165, 1.54) is 7.05 Å². The SMILES string of the molecule is CCN(/N=C(\N)c1ncc([N+](=O)[O-])n1C)C(N)=O. The number of primary amides is 1. The monoisotopic (exact) mass is 255 g/mol. The van der Waals surface area contributed by atoms with Crippen LogP contribution in [0.4, 0.5) is 10.6 Å². The average molecular weight is 255 g/mol. The van der Waals surface area contributed by atoms with Gasteiger partial charge in [-0.05, 0) is 11.8 Å². The lowest BCUT2D eigenvalue weighted by molar-refractivity contribution is -0.391. The van der Waals surface area contributed by atoms with E-state index >= 15 is 0 Å². The van der Waals surface area contributed by atoms with Crippen molar-refractivity contribution in [2.24, 2.45) is 23.6 Å². The van der Waals surface area contributed by atoms with Crippen molar-refractivity contribution in [2.75, 3.05) is 6.54 Å². The molecule has 1 heterocycles. The number of amides is 2. The summed E-state index contributed by atoms with van der Waals surface area (Å²) < 4.78 is 1.16. The van der Waals surface area contributed by atoms with Crippen LogP contribution in [0.25, 0.3) is 0 Å². The van der Waals surface area contributed by atoms with Gasteiger partial charge in [-0.2, -0.15) is 0 Å². The minimum atomic E-state index is -0.774. The fourth-order valence-corrected chi connectivity index (χ4v) is 1.26. The molecule has 10 heteroatoms. The van der Waals surface area contributed by atoms with E-state index in [0.717, 1.165) is 15.8 Å². The third kappa shape index (κ3) is 2.53. The Morgan fingerprint density at radius 3 is 2.67 bits per heavy atom. The molecule has 10 nitrogen and oxygen atoms in total. The zero-order valence-corrected chi connectivity index (χ0v) is 9.90. The van der Waals surface area contributed by atoms with Crippen molar-refractivity contribution in [3.63, 3.8) is 0 Å². The molecule has 0 radical (unpaired) electrons. The number of nitrogens with two attached hydrogens (primary N) is 2. The number of hydrogen-bond donors (Lipinski definition) is 2. The molecule has 0 bridgehead atoms. The molecule has 1 rings (SSSR count). The first-order chi connectivity index (χ1) is 8.38. The second-order valence-electron chi connectivity index (χ2n) is 3.30. The van der Waals surface area contributed by atoms with Gasteiger partial charge in [0.05, 0.1) is 7.05 Å². The highest BCUT2D eigenvalue weighted by atomic mass is 16.6. The van der Waals surface area contributed by atoms with Crippen LogP contribution in [-0.4, -0.2) is 37.9 Å². The van der Waals surface area contributed by atoms with E-state index in [9.17, 15) is 14.9 Å². The molecule has 0 aliphatic heterocycles. The molecule has 1 aromatic rings. The van der Waals surface area contributed by atoms with E-state index in [1.54, 1.807) is 6.92 Å². The number of carbonyl (C=O) groups is 1. The van der Waals surface area contributed by atoms with Gasteiger partial charge in [0, 0.05) is 6.54 Å². The van der Waals surface area contributed by atoms with E-state index in [2.05, 4.69) is 10.1 Å². The Hall–Kier alpha value is -2.65. The summed E-state index contributed by atoms with van der Waals surface area (Å²) in [5.74, 6) is -0.280. The average Bonchev–Trinajstić information content (AvgIpc) is 2.67. The van der Waals surface area contributed by atoms with Crippen molar-refractivity contribution in [1.29, 1.82) is 0 Å². The van der Waals surface area contributed by atoms with Crippen LogP contribution >= 0.6 is 0 Å². The van der Waals surface area contributed by atoms with Crippen molar-refractivity contribution in [1.82, 2.24) is 14.6 Å². The van der Waals surface area contributed by atoms with Crippen LogP contribution in [0.2, 0.25) is 0 Å². The number of urea groups is 1. The highest BCUT2D eigenvalue weighted by Gasteiger charge is 2.20. The van der Waals surface area contributed by atoms with E-state index in [0.29, 0.717) is 0 Å². The lowest BCUT2D eigenvalue weighted by atomic mass is 10.5. The van der Waals surface area contributed by atoms with Gasteiger partial charge < -0.3 is 21.6 Å². The van der Waals surface area contributed by atoms with Crippen LogP contribution in [0.5, 0.6) is 0 Å². The zero-order chi connectivity index (χ0) is 13.9. The number of hydrogen-bond acceptors (Lipinski definition) is 5. The minimum absolute atomic E-state index is 0.0846. The first-order valence-corrected chi connectivity index (χ1v) is 4.96. The van der Waals surface area contributed by atoms with Crippen LogP contribution in [0.1, 0.15) is 12.7 Å². The Kier molecular flexibility index (Phi) is 3.82. The molecule has 0 fully saturated rings. The number of carbonyl (C=O) groups excluding carboxylic acids is 1. The topological polar surface area (TPSA) is 146 Å². The van der Waals surface area contributed by atoms with Gasteiger partial charge in [-0.1, -0.05) is 0 Å². The Morgan fingerprint density at radius 1 is 1.67 bits per heavy atom. The Morgan fingerprint density at radius 2 is 2.28 bits per heavy atom. The summed E-state index contributed by atoms with van der Waals surface area (Å²) in [6, 6.07) is -0.774. The molecule has 0 spiro atoms. The smallest absolute Gasteiger partial charge is 0.343 e. The van der Waals surface area contributed by atoms with Crippen LogP contribution < -0.4 is 11.5 Å². The number of rotatable bonds is 4. The number of hydrazone groups is 1. The third-order valence-corrected chi connectivity index (χ3v) is 2.16. The van der Waals surface area contributed by atoms with Gasteiger partial charge in [0.2, 0.25) is 5.84 Å². The molecule has 2 amide bonds. The fourth-order valence-electron chi connectivity index (χ4n) is 1.26. The number of nitro groups is 1. The summed E-state index contributed by atoms with van der Waals surface area (Å²) >= 11 is 0. The summed E-state index contributed by atoms with van der Waals surface area (Å²) in [7, 11) is 1.42. The minimum Gasteiger partial charge on any atom is -0.377 e. The van der Waals surface area contributed by atoms with Gasteiger partial charge in [-0.3, -0.25) is 0 Å². The van der Waals surface area contributed by atoms with Gasteiger partial charge in [0.15, 0.2) is 0 Å². The van der Waals surface area contributed by atoms with Gasteiger partial charge in [-0.15, -0.1) is 5.10 Å². The molecule has 0 unspecified atom stereocenters. The normalized spacial score (nSPS) is 11.3. The van der Waals surface area contributed by atoms with Crippen LogP contribution in [0, 0.1) is 10.1 Å². The van der Waals surface area contributed by atoms with Gasteiger partial charge in [0.25, 0.3) is 5.82 Å². The maximum Gasteiger partial charge on any atom is 0.343 e. The summed E-state index contributed by atoms with van der Waals surface area (Å²) in [5.41, 5.74) is 10.7. The molecule has 4 N–H and O–H groups in total. The molecular weight excluding hydrogens is 242 g/mol. The van der Waals surface area contributed by atoms with Crippen LogP contribution in [-0.2, 0) is 7.05 Å². The predicted molar refractivity (Wildman–Crippen MR) is 62.6 cm³/mol. The van der Waals surface area contributed by atoms with Gasteiger partial charge in [-0.25, -0.2) is 19.4 Å². The largest absolute Gasteiger partial charge is 0.377 e. The van der Waals surface area contributed by atoms with Gasteiger partial charge >= 0.3 is 11.8 Å². The lowest BCUT2D eigenvalue weighted by Crippen LogP contribution is -2.34. The Bertz CT molecular complexity index is 507. The zero-order valence-electron chi connectivity index (χ0n) is 9.90. The predicted octanol–water partition coefficient (Wildman–Crippen LogP) is -0.651. The quantitative estimate of drug-likeness (QED) is 0.317. The summed E-state index contributed by atoms with van der Waals surface area (Å²) in [6.07, 6.45) is 1.05. The highest BCUT2D eigenvalue weighted by Crippen LogP contribution is 2.11. The van der Waals surface area contributed by atoms with E-state index in [-0.39, 0.29) is 24.0 Å². The van der Waals surface area contributed by atoms with E-state index < -0.39 is 11.0 Å². The fraction of sp³-hybridized carbons (Fsp3) is 0.375. The van der Waals surface area contributed by atoms with Crippen molar-refractivity contribution < 1.29 is 9.72 Å². The molecule has 0 aliphatic carbocycles. The molecule has 0 saturated carbocycles. The van der Waals surface area contributed by atoms with E-state index in [4.69, 9.17) is 11.5 Å². The second kappa shape index (κ2) is 5.12. The standard InChI is InChI=1S/C8H13N7O3/c1-3-14(8(10)16)12-6(9)7-11-4-5(13(7)2)15(17)18/h4H,3H2,1-2H3,(H2,9,12)(H2,10,16). The number of aromatic nitrogens is 2. The number of imidazole rings is 1. The lowest BCUT2D eigenvalue weighted by Gasteiger charge is -2.11. The third-order valence-electron chi connectivity index (χ3n) is 2.16. The molecule has 1 aromatic heterocycles. The second-order valence-corrected chi connectivity index (χ2v) is 3.30. The van der Waals surface area contributed by atoms with Gasteiger partial charge in [0.1, 0.15) is 6.20 Å². The van der Waals surface area contributed by atoms with Crippen LogP contribution in [0.15, 0.2) is 11.3 Å². The first-order valence-electron chi connectivity index (χ1n) is 4.96. The molecule has 0 atom stereocenters. The maximum atomic E-state index is 10.9. The number of nitrogens with zero attached hydrogens (tertiary/aromatic N) is 5. The van der Waals surface area contributed by atoms with Crippen molar-refractivity contribution in [3.8, 4) is 0 Å². The Labute approximate surface area is 102 Å². The molecular formula is C8H13N7O3. The van der Waals surface area contributed by atoms with Crippen molar-refractivity contribution in [3.05, 3.63) is 22.1 Å². The maximum absolute atomic E-state index is 10.9. The number of amidine groups is 1.